The topological polar surface area (TPSA) is 55.6 Å². The minimum absolute atomic E-state index is 0.861. The lowest BCUT2D eigenvalue weighted by molar-refractivity contribution is 0.340. The maximum Gasteiger partial charge on any atom is 0.138 e. The highest BCUT2D eigenvalue weighted by atomic mass is 15.5. The fourth-order valence-electron chi connectivity index (χ4n) is 2.00. The van der Waals surface area contributed by atoms with E-state index in [2.05, 4.69) is 20.8 Å². The second-order valence-corrected chi connectivity index (χ2v) is 3.93. The van der Waals surface area contributed by atoms with Crippen LogP contribution in [0.25, 0.3) is 0 Å². The van der Waals surface area contributed by atoms with Crippen LogP contribution in [-0.4, -0.2) is 33.3 Å². The van der Waals surface area contributed by atoms with Gasteiger partial charge in [0, 0.05) is 6.54 Å². The maximum absolute atomic E-state index is 3.84. The van der Waals surface area contributed by atoms with E-state index in [0.29, 0.717) is 0 Å². The van der Waals surface area contributed by atoms with Crippen molar-refractivity contribution in [1.82, 2.24) is 25.5 Å². The highest BCUT2D eigenvalue weighted by Crippen LogP contribution is 2.15. The smallest absolute Gasteiger partial charge is 0.138 e. The molecule has 0 amide bonds. The lowest BCUT2D eigenvalue weighted by atomic mass is 9.95. The number of tetrazole rings is 1. The Hall–Kier alpha value is -0.970. The third kappa shape index (κ3) is 2.77. The van der Waals surface area contributed by atoms with E-state index < -0.39 is 0 Å². The predicted molar refractivity (Wildman–Crippen MR) is 52.6 cm³/mol. The maximum atomic E-state index is 3.84. The lowest BCUT2D eigenvalue weighted by Gasteiger charge is -2.22. The summed E-state index contributed by atoms with van der Waals surface area (Å²) in [5, 5.41) is 14.5. The van der Waals surface area contributed by atoms with Gasteiger partial charge in [-0.1, -0.05) is 0 Å². The molecule has 14 heavy (non-hydrogen) atoms. The van der Waals surface area contributed by atoms with Crippen molar-refractivity contribution in [2.24, 2.45) is 5.92 Å². The van der Waals surface area contributed by atoms with Crippen LogP contribution in [0.1, 0.15) is 25.7 Å². The van der Waals surface area contributed by atoms with Gasteiger partial charge < -0.3 is 5.32 Å². The molecule has 1 fully saturated rings. The summed E-state index contributed by atoms with van der Waals surface area (Å²) in [6.07, 6.45) is 6.85. The first-order valence-electron chi connectivity index (χ1n) is 5.36. The van der Waals surface area contributed by atoms with Crippen LogP contribution in [0.2, 0.25) is 0 Å². The van der Waals surface area contributed by atoms with Gasteiger partial charge in [0.2, 0.25) is 0 Å². The molecule has 1 unspecified atom stereocenters. The molecule has 1 aromatic heterocycles. The number of hydrogen-bond acceptors (Lipinski definition) is 4. The van der Waals surface area contributed by atoms with Crippen LogP contribution in [0.15, 0.2) is 6.33 Å². The van der Waals surface area contributed by atoms with Gasteiger partial charge in [-0.3, -0.25) is 0 Å². The Balaban J connectivity index is 1.62. The van der Waals surface area contributed by atoms with Gasteiger partial charge in [-0.25, -0.2) is 4.68 Å². The van der Waals surface area contributed by atoms with E-state index in [0.717, 1.165) is 12.5 Å². The van der Waals surface area contributed by atoms with E-state index in [4.69, 9.17) is 0 Å². The quantitative estimate of drug-likeness (QED) is 0.758. The number of nitrogens with one attached hydrogen (secondary N) is 1. The molecule has 1 aromatic rings. The summed E-state index contributed by atoms with van der Waals surface area (Å²) in [4.78, 5) is 0. The van der Waals surface area contributed by atoms with Gasteiger partial charge in [0.05, 0.1) is 0 Å². The molecule has 0 saturated carbocycles. The highest BCUT2D eigenvalue weighted by Gasteiger charge is 2.11. The average molecular weight is 195 g/mol. The first kappa shape index (κ1) is 9.58. The molecule has 1 aliphatic rings. The molecular formula is C9H17N5. The fourth-order valence-corrected chi connectivity index (χ4v) is 2.00. The number of nitrogens with zero attached hydrogens (tertiary/aromatic N) is 4. The molecular weight excluding hydrogens is 178 g/mol. The van der Waals surface area contributed by atoms with E-state index in [1.54, 1.807) is 11.0 Å². The van der Waals surface area contributed by atoms with Gasteiger partial charge >= 0.3 is 0 Å². The predicted octanol–water partition coefficient (Wildman–Crippen LogP) is 0.453. The number of rotatable bonds is 4. The van der Waals surface area contributed by atoms with E-state index in [9.17, 15) is 0 Å². The average Bonchev–Trinajstić information content (AvgIpc) is 2.72. The Morgan fingerprint density at radius 3 is 3.21 bits per heavy atom. The van der Waals surface area contributed by atoms with E-state index in [1.165, 1.54) is 38.8 Å². The van der Waals surface area contributed by atoms with Crippen molar-refractivity contribution >= 4 is 0 Å². The monoisotopic (exact) mass is 195 g/mol. The van der Waals surface area contributed by atoms with E-state index in [-0.39, 0.29) is 0 Å². The summed E-state index contributed by atoms with van der Waals surface area (Å²) < 4.78 is 1.80. The summed E-state index contributed by atoms with van der Waals surface area (Å²) in [5.74, 6) is 0.861. The van der Waals surface area contributed by atoms with Crippen molar-refractivity contribution in [3.05, 3.63) is 6.33 Å². The van der Waals surface area contributed by atoms with Crippen molar-refractivity contribution in [2.75, 3.05) is 13.1 Å². The molecule has 0 radical (unpaired) electrons. The molecule has 1 N–H and O–H groups in total. The molecule has 0 bridgehead atoms. The fraction of sp³-hybridized carbons (Fsp3) is 0.889. The Bertz CT molecular complexity index is 240. The Morgan fingerprint density at radius 2 is 2.50 bits per heavy atom. The largest absolute Gasteiger partial charge is 0.316 e. The normalized spacial score (nSPS) is 22.4. The second-order valence-electron chi connectivity index (χ2n) is 3.93. The second kappa shape index (κ2) is 5.05. The molecule has 1 saturated heterocycles. The minimum atomic E-state index is 0.861. The standard InChI is InChI=1S/C9H17N5/c1-3-9(7-10-5-1)4-2-6-14-8-11-12-13-14/h8-10H,1-7H2. The summed E-state index contributed by atoms with van der Waals surface area (Å²) in [6, 6.07) is 0. The number of aryl methyl sites for hydroxylation is 1. The molecule has 78 valence electrons. The Morgan fingerprint density at radius 1 is 1.50 bits per heavy atom. The van der Waals surface area contributed by atoms with Gasteiger partial charge in [-0.05, 0) is 55.1 Å². The summed E-state index contributed by atoms with van der Waals surface area (Å²) in [7, 11) is 0. The molecule has 5 nitrogen and oxygen atoms in total. The molecule has 0 aromatic carbocycles. The molecule has 1 aliphatic heterocycles. The first-order valence-corrected chi connectivity index (χ1v) is 5.36. The molecule has 0 spiro atoms. The number of piperidine rings is 1. The molecule has 2 rings (SSSR count). The lowest BCUT2D eigenvalue weighted by Crippen LogP contribution is -2.29. The Labute approximate surface area is 83.9 Å². The zero-order valence-electron chi connectivity index (χ0n) is 8.39. The third-order valence-corrected chi connectivity index (χ3v) is 2.79. The van der Waals surface area contributed by atoms with Crippen LogP contribution in [0.5, 0.6) is 0 Å². The van der Waals surface area contributed by atoms with Gasteiger partial charge in [0.25, 0.3) is 0 Å². The van der Waals surface area contributed by atoms with Gasteiger partial charge in [-0.15, -0.1) is 5.10 Å². The van der Waals surface area contributed by atoms with Crippen molar-refractivity contribution in [2.45, 2.75) is 32.2 Å². The SMILES string of the molecule is c1nnnn1CCCC1CCCNC1. The van der Waals surface area contributed by atoms with E-state index in [1.807, 2.05) is 0 Å². The zero-order chi connectivity index (χ0) is 9.64. The van der Waals surface area contributed by atoms with Crippen LogP contribution >= 0.6 is 0 Å². The molecule has 5 heteroatoms. The van der Waals surface area contributed by atoms with Gasteiger partial charge in [0.15, 0.2) is 0 Å². The summed E-state index contributed by atoms with van der Waals surface area (Å²) in [5.41, 5.74) is 0. The third-order valence-electron chi connectivity index (χ3n) is 2.79. The zero-order valence-corrected chi connectivity index (χ0v) is 8.39. The first-order chi connectivity index (χ1) is 6.95. The number of aromatic nitrogens is 4. The van der Waals surface area contributed by atoms with Crippen LogP contribution in [0.3, 0.4) is 0 Å². The van der Waals surface area contributed by atoms with Crippen LogP contribution in [0.4, 0.5) is 0 Å². The van der Waals surface area contributed by atoms with Crippen molar-refractivity contribution in [1.29, 1.82) is 0 Å². The Kier molecular flexibility index (Phi) is 3.45. The van der Waals surface area contributed by atoms with Crippen molar-refractivity contribution in [3.8, 4) is 0 Å². The molecule has 2 heterocycles. The van der Waals surface area contributed by atoms with Crippen LogP contribution in [0, 0.1) is 5.92 Å². The van der Waals surface area contributed by atoms with Crippen molar-refractivity contribution < 1.29 is 0 Å². The summed E-state index contributed by atoms with van der Waals surface area (Å²) >= 11 is 0. The highest BCUT2D eigenvalue weighted by molar-refractivity contribution is 4.68. The molecule has 1 atom stereocenters. The van der Waals surface area contributed by atoms with Crippen molar-refractivity contribution in [3.63, 3.8) is 0 Å². The minimum Gasteiger partial charge on any atom is -0.316 e. The van der Waals surface area contributed by atoms with Crippen LogP contribution < -0.4 is 5.32 Å². The number of hydrogen-bond donors (Lipinski definition) is 1. The van der Waals surface area contributed by atoms with Gasteiger partial charge in [-0.2, -0.15) is 0 Å². The van der Waals surface area contributed by atoms with Gasteiger partial charge in [0.1, 0.15) is 6.33 Å². The summed E-state index contributed by atoms with van der Waals surface area (Å²) in [6.45, 7) is 3.34. The molecule has 0 aliphatic carbocycles. The van der Waals surface area contributed by atoms with E-state index >= 15 is 0 Å². The van der Waals surface area contributed by atoms with Crippen LogP contribution in [-0.2, 0) is 6.54 Å².